The molecule has 3 aromatic rings. The lowest BCUT2D eigenvalue weighted by Crippen LogP contribution is -2.28. The molecule has 3 rings (SSSR count). The number of thiazole rings is 1. The van der Waals surface area contributed by atoms with Crippen molar-refractivity contribution in [2.24, 2.45) is 0 Å². The molecule has 0 radical (unpaired) electrons. The summed E-state index contributed by atoms with van der Waals surface area (Å²) in [4.78, 5) is 19.3. The number of nitrogens with zero attached hydrogens (tertiary/aromatic N) is 2. The van der Waals surface area contributed by atoms with Crippen molar-refractivity contribution in [3.8, 4) is 22.1 Å². The van der Waals surface area contributed by atoms with Gasteiger partial charge in [0.2, 0.25) is 5.91 Å². The third kappa shape index (κ3) is 6.80. The van der Waals surface area contributed by atoms with E-state index in [-0.39, 0.29) is 12.3 Å². The molecule has 170 valence electrons. The number of carbonyl (C=O) groups is 1. The maximum Gasteiger partial charge on any atom is 0.226 e. The molecule has 0 aliphatic carbocycles. The molecule has 6 nitrogen and oxygen atoms in total. The lowest BCUT2D eigenvalue weighted by Gasteiger charge is -2.19. The molecule has 0 atom stereocenters. The third-order valence-electron chi connectivity index (χ3n) is 5.19. The first-order chi connectivity index (χ1) is 15.6. The Labute approximate surface area is 194 Å². The predicted molar refractivity (Wildman–Crippen MR) is 129 cm³/mol. The van der Waals surface area contributed by atoms with Gasteiger partial charge in [-0.05, 0) is 30.8 Å². The van der Waals surface area contributed by atoms with E-state index in [1.54, 1.807) is 18.4 Å². The number of hydrogen-bond donors (Lipinski definition) is 1. The van der Waals surface area contributed by atoms with Gasteiger partial charge in [0.15, 0.2) is 11.5 Å². The number of rotatable bonds is 12. The first-order valence-electron chi connectivity index (χ1n) is 10.9. The number of aromatic nitrogens is 1. The van der Waals surface area contributed by atoms with E-state index in [0.717, 1.165) is 41.5 Å². The normalized spacial score (nSPS) is 10.9. The van der Waals surface area contributed by atoms with Crippen molar-refractivity contribution < 1.29 is 14.3 Å². The largest absolute Gasteiger partial charge is 0.493 e. The van der Waals surface area contributed by atoms with Crippen LogP contribution in [0.1, 0.15) is 25.1 Å². The van der Waals surface area contributed by atoms with Crippen LogP contribution in [0.5, 0.6) is 11.5 Å². The van der Waals surface area contributed by atoms with Crippen LogP contribution in [-0.2, 0) is 17.8 Å². The van der Waals surface area contributed by atoms with Crippen molar-refractivity contribution in [1.82, 2.24) is 15.2 Å². The van der Waals surface area contributed by atoms with Crippen LogP contribution in [0.25, 0.3) is 10.6 Å². The maximum atomic E-state index is 12.4. The van der Waals surface area contributed by atoms with Crippen molar-refractivity contribution in [2.75, 3.05) is 33.4 Å². The molecule has 32 heavy (non-hydrogen) atoms. The Balaban J connectivity index is 1.50. The summed E-state index contributed by atoms with van der Waals surface area (Å²) >= 11 is 1.55. The first-order valence-corrected chi connectivity index (χ1v) is 11.8. The second-order valence-electron chi connectivity index (χ2n) is 7.32. The topological polar surface area (TPSA) is 63.7 Å². The number of carbonyl (C=O) groups excluding carboxylic acids is 1. The second-order valence-corrected chi connectivity index (χ2v) is 8.18. The third-order valence-corrected chi connectivity index (χ3v) is 6.13. The summed E-state index contributed by atoms with van der Waals surface area (Å²) in [7, 11) is 1.63. The molecular weight excluding hydrogens is 422 g/mol. The van der Waals surface area contributed by atoms with Crippen LogP contribution < -0.4 is 14.8 Å². The Morgan fingerprint density at radius 1 is 1.09 bits per heavy atom. The van der Waals surface area contributed by atoms with Crippen LogP contribution in [0.2, 0.25) is 0 Å². The molecule has 2 aromatic carbocycles. The lowest BCUT2D eigenvalue weighted by atomic mass is 10.2. The number of methoxy groups -OCH3 is 1. The summed E-state index contributed by atoms with van der Waals surface area (Å²) in [5, 5.41) is 5.83. The zero-order valence-corrected chi connectivity index (χ0v) is 19.8. The van der Waals surface area contributed by atoms with Gasteiger partial charge in [0.05, 0.1) is 19.2 Å². The SMILES string of the molecule is CCN(CC)CCOc1ccc(CNC(=O)Cc2csc(-c3ccccc3)n2)cc1OC. The number of likely N-dealkylation sites (N-methyl/N-ethyl adjacent to an activating group) is 1. The van der Waals surface area contributed by atoms with Crippen LogP contribution in [0.15, 0.2) is 53.9 Å². The van der Waals surface area contributed by atoms with Crippen molar-refractivity contribution in [3.63, 3.8) is 0 Å². The van der Waals surface area contributed by atoms with E-state index in [1.807, 2.05) is 53.9 Å². The highest BCUT2D eigenvalue weighted by Crippen LogP contribution is 2.28. The number of ether oxygens (including phenoxy) is 2. The lowest BCUT2D eigenvalue weighted by molar-refractivity contribution is -0.120. The quantitative estimate of drug-likeness (QED) is 0.440. The zero-order valence-electron chi connectivity index (χ0n) is 19.0. The molecule has 0 bridgehead atoms. The van der Waals surface area contributed by atoms with E-state index in [1.165, 1.54) is 0 Å². The molecule has 0 saturated carbocycles. The maximum absolute atomic E-state index is 12.4. The highest BCUT2D eigenvalue weighted by Gasteiger charge is 2.11. The standard InChI is InChI=1S/C25H31N3O3S/c1-4-28(5-2)13-14-31-22-12-11-19(15-23(22)30-3)17-26-24(29)16-21-18-32-25(27-21)20-9-7-6-8-10-20/h6-12,15,18H,4-5,13-14,16-17H2,1-3H3,(H,26,29). The fraction of sp³-hybridized carbons (Fsp3) is 0.360. The van der Waals surface area contributed by atoms with Gasteiger partial charge in [-0.25, -0.2) is 4.98 Å². The fourth-order valence-electron chi connectivity index (χ4n) is 3.29. The monoisotopic (exact) mass is 453 g/mol. The van der Waals surface area contributed by atoms with Gasteiger partial charge in [-0.3, -0.25) is 4.79 Å². The van der Waals surface area contributed by atoms with Gasteiger partial charge in [0.25, 0.3) is 0 Å². The predicted octanol–water partition coefficient (Wildman–Crippen LogP) is 4.40. The van der Waals surface area contributed by atoms with Crippen LogP contribution in [-0.4, -0.2) is 49.1 Å². The minimum absolute atomic E-state index is 0.0616. The van der Waals surface area contributed by atoms with E-state index < -0.39 is 0 Å². The summed E-state index contributed by atoms with van der Waals surface area (Å²) in [5.41, 5.74) is 2.80. The highest BCUT2D eigenvalue weighted by molar-refractivity contribution is 7.13. The summed E-state index contributed by atoms with van der Waals surface area (Å²) in [6, 6.07) is 15.7. The molecule has 0 spiro atoms. The minimum Gasteiger partial charge on any atom is -0.493 e. The van der Waals surface area contributed by atoms with Crippen molar-refractivity contribution >= 4 is 17.2 Å². The van der Waals surface area contributed by atoms with Gasteiger partial charge in [-0.1, -0.05) is 50.2 Å². The van der Waals surface area contributed by atoms with Crippen LogP contribution >= 0.6 is 11.3 Å². The van der Waals surface area contributed by atoms with Gasteiger partial charge >= 0.3 is 0 Å². The molecule has 0 aliphatic rings. The minimum atomic E-state index is -0.0616. The Morgan fingerprint density at radius 3 is 2.59 bits per heavy atom. The van der Waals surface area contributed by atoms with E-state index in [2.05, 4.69) is 29.0 Å². The zero-order chi connectivity index (χ0) is 22.8. The molecule has 0 aliphatic heterocycles. The van der Waals surface area contributed by atoms with Crippen LogP contribution in [0.4, 0.5) is 0 Å². The molecule has 7 heteroatoms. The van der Waals surface area contributed by atoms with E-state index in [0.29, 0.717) is 24.7 Å². The van der Waals surface area contributed by atoms with Crippen molar-refractivity contribution in [3.05, 3.63) is 65.2 Å². The van der Waals surface area contributed by atoms with Crippen molar-refractivity contribution in [2.45, 2.75) is 26.8 Å². The van der Waals surface area contributed by atoms with Gasteiger partial charge < -0.3 is 19.7 Å². The van der Waals surface area contributed by atoms with Crippen LogP contribution in [0.3, 0.4) is 0 Å². The van der Waals surface area contributed by atoms with Gasteiger partial charge in [0.1, 0.15) is 11.6 Å². The first kappa shape index (κ1) is 23.8. The molecule has 1 heterocycles. The van der Waals surface area contributed by atoms with Gasteiger partial charge in [-0.2, -0.15) is 0 Å². The molecule has 0 fully saturated rings. The molecule has 1 N–H and O–H groups in total. The summed E-state index contributed by atoms with van der Waals surface area (Å²) in [6.07, 6.45) is 0.257. The highest BCUT2D eigenvalue weighted by atomic mass is 32.1. The molecule has 1 amide bonds. The Kier molecular flexibility index (Phi) is 9.07. The van der Waals surface area contributed by atoms with Crippen LogP contribution in [0, 0.1) is 0 Å². The second kappa shape index (κ2) is 12.2. The van der Waals surface area contributed by atoms with Gasteiger partial charge in [-0.15, -0.1) is 11.3 Å². The molecule has 1 aromatic heterocycles. The van der Waals surface area contributed by atoms with E-state index in [4.69, 9.17) is 9.47 Å². The molecule has 0 saturated heterocycles. The fourth-order valence-corrected chi connectivity index (χ4v) is 4.12. The Bertz CT molecular complexity index is 987. The van der Waals surface area contributed by atoms with Gasteiger partial charge in [0, 0.05) is 24.0 Å². The number of benzene rings is 2. The molecular formula is C25H31N3O3S. The Hall–Kier alpha value is -2.90. The number of nitrogens with one attached hydrogen (secondary N) is 1. The average Bonchev–Trinajstić information content (AvgIpc) is 3.30. The summed E-state index contributed by atoms with van der Waals surface area (Å²) < 4.78 is 11.4. The van der Waals surface area contributed by atoms with E-state index in [9.17, 15) is 4.79 Å². The molecule has 0 unspecified atom stereocenters. The average molecular weight is 454 g/mol. The smallest absolute Gasteiger partial charge is 0.226 e. The summed E-state index contributed by atoms with van der Waals surface area (Å²) in [5.74, 6) is 1.32. The summed E-state index contributed by atoms with van der Waals surface area (Å²) in [6.45, 7) is 8.19. The number of hydrogen-bond acceptors (Lipinski definition) is 6. The number of amides is 1. The van der Waals surface area contributed by atoms with E-state index >= 15 is 0 Å². The van der Waals surface area contributed by atoms with Crippen molar-refractivity contribution in [1.29, 1.82) is 0 Å². The Morgan fingerprint density at radius 2 is 1.88 bits per heavy atom.